The number of nitrogens with two attached hydrogens (primary N) is 1. The van der Waals surface area contributed by atoms with Crippen molar-refractivity contribution in [3.8, 4) is 16.9 Å². The first-order chi connectivity index (χ1) is 15.7. The van der Waals surface area contributed by atoms with Gasteiger partial charge in [-0.05, 0) is 42.7 Å². The number of rotatable bonds is 5. The van der Waals surface area contributed by atoms with Crippen LogP contribution in [-0.4, -0.2) is 45.8 Å². The van der Waals surface area contributed by atoms with Gasteiger partial charge in [-0.3, -0.25) is 4.79 Å². The molecule has 0 spiro atoms. The number of nitrogens with zero attached hydrogens (tertiary/aromatic N) is 4. The van der Waals surface area contributed by atoms with Crippen LogP contribution < -0.4 is 20.7 Å². The number of nitrogens with one attached hydrogen (secondary N) is 1. The van der Waals surface area contributed by atoms with E-state index >= 15 is 0 Å². The van der Waals surface area contributed by atoms with Crippen molar-refractivity contribution >= 4 is 17.4 Å². The summed E-state index contributed by atoms with van der Waals surface area (Å²) in [6.45, 7) is 1.48. The molecule has 5 rings (SSSR count). The summed E-state index contributed by atoms with van der Waals surface area (Å²) >= 11 is 0. The second-order valence-corrected chi connectivity index (χ2v) is 8.26. The van der Waals surface area contributed by atoms with Crippen molar-refractivity contribution in [3.05, 3.63) is 60.8 Å². The molecule has 0 radical (unpaired) electrons. The highest BCUT2D eigenvalue weighted by Crippen LogP contribution is 2.49. The number of ether oxygens (including phenoxy) is 1. The first-order valence-corrected chi connectivity index (χ1v) is 10.2. The molecule has 1 aromatic carbocycles. The third-order valence-corrected chi connectivity index (χ3v) is 5.85. The number of carbonyl (C=O) groups excluding carboxylic acids is 1. The second-order valence-electron chi connectivity index (χ2n) is 8.26. The second kappa shape index (κ2) is 7.69. The first kappa shape index (κ1) is 21.1. The lowest BCUT2D eigenvalue weighted by Gasteiger charge is -2.23. The van der Waals surface area contributed by atoms with Crippen LogP contribution in [-0.2, 0) is 0 Å². The fraction of sp³-hybridized carbons (Fsp3) is 0.273. The Kier molecular flexibility index (Phi) is 4.93. The molecule has 2 unspecified atom stereocenters. The minimum atomic E-state index is -4.78. The molecule has 0 bridgehead atoms. The number of pyridine rings is 1. The Morgan fingerprint density at radius 3 is 2.55 bits per heavy atom. The van der Waals surface area contributed by atoms with Gasteiger partial charge in [-0.15, -0.1) is 13.2 Å². The molecule has 1 aliphatic heterocycles. The molecule has 170 valence electrons. The van der Waals surface area contributed by atoms with Crippen molar-refractivity contribution in [2.75, 3.05) is 23.3 Å². The van der Waals surface area contributed by atoms with Crippen LogP contribution in [0.25, 0.3) is 11.1 Å². The fourth-order valence-corrected chi connectivity index (χ4v) is 4.11. The summed E-state index contributed by atoms with van der Waals surface area (Å²) < 4.78 is 40.8. The Morgan fingerprint density at radius 1 is 1.18 bits per heavy atom. The zero-order chi connectivity index (χ0) is 23.2. The number of aromatic nitrogens is 3. The number of fused-ring (bicyclic) bond motifs is 1. The van der Waals surface area contributed by atoms with Crippen LogP contribution >= 0.6 is 0 Å². The summed E-state index contributed by atoms with van der Waals surface area (Å²) in [7, 11) is 0. The van der Waals surface area contributed by atoms with Gasteiger partial charge in [-0.2, -0.15) is 0 Å². The van der Waals surface area contributed by atoms with Crippen molar-refractivity contribution < 1.29 is 22.7 Å². The van der Waals surface area contributed by atoms with Gasteiger partial charge in [-0.1, -0.05) is 0 Å². The van der Waals surface area contributed by atoms with Crippen LogP contribution in [0.2, 0.25) is 0 Å². The van der Waals surface area contributed by atoms with Crippen LogP contribution in [0, 0.1) is 5.92 Å². The van der Waals surface area contributed by atoms with Gasteiger partial charge in [0.1, 0.15) is 17.9 Å². The van der Waals surface area contributed by atoms with Crippen LogP contribution in [0.1, 0.15) is 16.8 Å². The Bertz CT molecular complexity index is 1190. The Balaban J connectivity index is 1.39. The maximum Gasteiger partial charge on any atom is 0.573 e. The molecular weight excluding hydrogens is 437 g/mol. The van der Waals surface area contributed by atoms with Gasteiger partial charge >= 0.3 is 6.36 Å². The predicted molar refractivity (Wildman–Crippen MR) is 114 cm³/mol. The quantitative estimate of drug-likeness (QED) is 0.607. The first-order valence-electron chi connectivity index (χ1n) is 10.2. The van der Waals surface area contributed by atoms with Gasteiger partial charge < -0.3 is 20.7 Å². The number of piperidine rings is 1. The van der Waals surface area contributed by atoms with Gasteiger partial charge in [0, 0.05) is 54.0 Å². The summed E-state index contributed by atoms with van der Waals surface area (Å²) in [5.74, 6) is 0.300. The molecule has 3 heterocycles. The molecule has 11 heteroatoms. The molecule has 1 saturated heterocycles. The summed E-state index contributed by atoms with van der Waals surface area (Å²) in [6, 6.07) is 6.59. The lowest BCUT2D eigenvalue weighted by Crippen LogP contribution is -2.34. The third kappa shape index (κ3) is 4.44. The summed E-state index contributed by atoms with van der Waals surface area (Å²) in [5, 5.41) is 2.66. The predicted octanol–water partition coefficient (Wildman–Crippen LogP) is 3.23. The van der Waals surface area contributed by atoms with Gasteiger partial charge in [-0.25, -0.2) is 15.0 Å². The molecule has 2 fully saturated rings. The summed E-state index contributed by atoms with van der Waals surface area (Å²) in [5.41, 5.74) is 8.16. The van der Waals surface area contributed by atoms with E-state index in [2.05, 4.69) is 29.9 Å². The number of anilines is 2. The minimum Gasteiger partial charge on any atom is -0.406 e. The maximum absolute atomic E-state index is 12.8. The van der Waals surface area contributed by atoms with Crippen molar-refractivity contribution in [2.45, 2.75) is 18.3 Å². The molecule has 33 heavy (non-hydrogen) atoms. The van der Waals surface area contributed by atoms with Crippen LogP contribution in [0.4, 0.5) is 24.7 Å². The number of amides is 1. The molecular formula is C22H19F3N6O2. The zero-order valence-electron chi connectivity index (χ0n) is 17.2. The maximum atomic E-state index is 12.8. The Morgan fingerprint density at radius 2 is 1.91 bits per heavy atom. The minimum absolute atomic E-state index is 0.176. The van der Waals surface area contributed by atoms with Gasteiger partial charge in [0.15, 0.2) is 0 Å². The van der Waals surface area contributed by atoms with E-state index in [1.807, 2.05) is 0 Å². The average Bonchev–Trinajstić information content (AvgIpc) is 3.30. The Hall–Kier alpha value is -3.73. The number of benzene rings is 1. The fourth-order valence-electron chi connectivity index (χ4n) is 4.11. The van der Waals surface area contributed by atoms with Crippen LogP contribution in [0.3, 0.4) is 0 Å². The standard InChI is InChI=1S/C22H19F3N6O2/c23-22(24,25)33-17-3-1-16(2-4-17)30-20(32)13-5-18(14-7-27-12-28-8-14)19(29-9-13)31-10-15-6-21(15,26)11-31/h1-5,7-9,12,15H,6,10-11,26H2,(H,30,32). The highest BCUT2D eigenvalue weighted by molar-refractivity contribution is 6.05. The zero-order valence-corrected chi connectivity index (χ0v) is 17.2. The molecule has 3 N–H and O–H groups in total. The van der Waals surface area contributed by atoms with E-state index < -0.39 is 12.3 Å². The molecule has 2 atom stereocenters. The molecule has 8 nitrogen and oxygen atoms in total. The molecule has 3 aromatic rings. The molecule has 2 aromatic heterocycles. The van der Waals surface area contributed by atoms with Crippen molar-refractivity contribution in [1.29, 1.82) is 0 Å². The van der Waals surface area contributed by atoms with Crippen molar-refractivity contribution in [2.24, 2.45) is 11.7 Å². The number of alkyl halides is 3. The normalized spacial score (nSPS) is 21.5. The lowest BCUT2D eigenvalue weighted by molar-refractivity contribution is -0.274. The van der Waals surface area contributed by atoms with Crippen LogP contribution in [0.15, 0.2) is 55.2 Å². The number of carbonyl (C=O) groups is 1. The Labute approximate surface area is 186 Å². The topological polar surface area (TPSA) is 106 Å². The van der Waals surface area contributed by atoms with Gasteiger partial charge in [0.05, 0.1) is 5.56 Å². The SMILES string of the molecule is NC12CC1CN(c1ncc(C(=O)Nc3ccc(OC(F)(F)F)cc3)cc1-c1cncnc1)C2. The molecule has 1 amide bonds. The van der Waals surface area contributed by atoms with E-state index in [1.54, 1.807) is 18.5 Å². The molecule has 1 saturated carbocycles. The smallest absolute Gasteiger partial charge is 0.406 e. The van der Waals surface area contributed by atoms with E-state index in [4.69, 9.17) is 5.73 Å². The number of halogens is 3. The summed E-state index contributed by atoms with van der Waals surface area (Å²) in [6.07, 6.45) is 2.38. The van der Waals surface area contributed by atoms with E-state index in [1.165, 1.54) is 24.7 Å². The van der Waals surface area contributed by atoms with Gasteiger partial charge in [0.2, 0.25) is 0 Å². The third-order valence-electron chi connectivity index (χ3n) is 5.85. The highest BCUT2D eigenvalue weighted by Gasteiger charge is 2.57. The van der Waals surface area contributed by atoms with Crippen LogP contribution in [0.5, 0.6) is 5.75 Å². The number of hydrogen-bond donors (Lipinski definition) is 2. The van der Waals surface area contributed by atoms with E-state index in [0.717, 1.165) is 25.1 Å². The van der Waals surface area contributed by atoms with Crippen molar-refractivity contribution in [1.82, 2.24) is 15.0 Å². The number of hydrogen-bond acceptors (Lipinski definition) is 7. The van der Waals surface area contributed by atoms with E-state index in [9.17, 15) is 18.0 Å². The largest absolute Gasteiger partial charge is 0.573 e. The molecule has 2 aliphatic rings. The highest BCUT2D eigenvalue weighted by atomic mass is 19.4. The van der Waals surface area contributed by atoms with Crippen molar-refractivity contribution in [3.63, 3.8) is 0 Å². The summed E-state index contributed by atoms with van der Waals surface area (Å²) in [4.78, 5) is 27.6. The van der Waals surface area contributed by atoms with Gasteiger partial charge in [0.25, 0.3) is 5.91 Å². The van der Waals surface area contributed by atoms with E-state index in [0.29, 0.717) is 35.1 Å². The van der Waals surface area contributed by atoms with E-state index in [-0.39, 0.29) is 16.9 Å². The monoisotopic (exact) mass is 456 g/mol. The lowest BCUT2D eigenvalue weighted by atomic mass is 10.1. The average molecular weight is 456 g/mol. The molecule has 1 aliphatic carbocycles.